The van der Waals surface area contributed by atoms with Gasteiger partial charge in [0.15, 0.2) is 5.82 Å². The van der Waals surface area contributed by atoms with E-state index in [2.05, 4.69) is 58.2 Å². The van der Waals surface area contributed by atoms with Crippen molar-refractivity contribution in [2.24, 2.45) is 33.9 Å². The van der Waals surface area contributed by atoms with Crippen LogP contribution in [-0.4, -0.2) is 94.2 Å². The summed E-state index contributed by atoms with van der Waals surface area (Å²) in [5.41, 5.74) is 7.97. The highest BCUT2D eigenvalue weighted by Crippen LogP contribution is 2.25. The highest BCUT2D eigenvalue weighted by atomic mass is 79.9. The summed E-state index contributed by atoms with van der Waals surface area (Å²) in [5.74, 6) is -2.07. The highest BCUT2D eigenvalue weighted by molar-refractivity contribution is 9.09. The number of amidine groups is 1. The summed E-state index contributed by atoms with van der Waals surface area (Å²) >= 11 is 6.97. The number of alkyl halides is 2. The normalized spacial score (nSPS) is 11.0. The van der Waals surface area contributed by atoms with Gasteiger partial charge in [0.1, 0.15) is 22.8 Å². The predicted octanol–water partition coefficient (Wildman–Crippen LogP) is 3.90. The third-order valence-electron chi connectivity index (χ3n) is 8.67. The number of aromatic nitrogens is 5. The van der Waals surface area contributed by atoms with Gasteiger partial charge in [0.25, 0.3) is 29.5 Å². The fourth-order valence-corrected chi connectivity index (χ4v) is 6.76. The van der Waals surface area contributed by atoms with E-state index in [4.69, 9.17) is 11.1 Å². The number of hydrogen-bond acceptors (Lipinski definition) is 8. The molecule has 0 aliphatic heterocycles. The molecule has 5 aromatic rings. The lowest BCUT2D eigenvalue weighted by atomic mass is 10.2. The van der Waals surface area contributed by atoms with Crippen LogP contribution in [0.3, 0.4) is 0 Å². The van der Waals surface area contributed by atoms with Gasteiger partial charge in [-0.25, -0.2) is 10.0 Å². The number of carbonyl (C=O) groups is 5. The molecule has 0 spiro atoms. The second-order valence-electron chi connectivity index (χ2n) is 12.9. The van der Waals surface area contributed by atoms with Gasteiger partial charge in [-0.3, -0.25) is 34.1 Å². The van der Waals surface area contributed by atoms with E-state index < -0.39 is 23.6 Å². The largest absolute Gasteiger partial charge is 0.388 e. The van der Waals surface area contributed by atoms with Gasteiger partial charge < -0.3 is 40.7 Å². The molecule has 1 aromatic carbocycles. The first-order valence-electron chi connectivity index (χ1n) is 17.5. The number of nitrogens with one attached hydrogen (secondary N) is 5. The van der Waals surface area contributed by atoms with Crippen LogP contribution in [-0.2, 0) is 28.2 Å². The Labute approximate surface area is 345 Å². The minimum Gasteiger partial charge on any atom is -0.388 e. The number of hydrazine groups is 1. The first-order valence-corrected chi connectivity index (χ1v) is 19.8. The fourth-order valence-electron chi connectivity index (χ4n) is 5.94. The van der Waals surface area contributed by atoms with Gasteiger partial charge in [0.2, 0.25) is 0 Å². The van der Waals surface area contributed by atoms with Crippen molar-refractivity contribution in [2.45, 2.75) is 6.42 Å². The van der Waals surface area contributed by atoms with Crippen molar-refractivity contribution in [2.75, 3.05) is 51.3 Å². The number of halogens is 2. The Bertz CT molecular complexity index is 2290. The quantitative estimate of drug-likeness (QED) is 0.0347. The van der Waals surface area contributed by atoms with Gasteiger partial charge in [0, 0.05) is 95.1 Å². The molecule has 0 unspecified atom stereocenters. The van der Waals surface area contributed by atoms with Crippen LogP contribution in [0.4, 0.5) is 22.9 Å². The molecule has 0 radical (unpaired) electrons. The summed E-state index contributed by atoms with van der Waals surface area (Å²) in [6.45, 7) is 1.25. The summed E-state index contributed by atoms with van der Waals surface area (Å²) < 4.78 is 6.05. The van der Waals surface area contributed by atoms with E-state index in [9.17, 15) is 24.0 Å². The van der Waals surface area contributed by atoms with Crippen LogP contribution in [0.25, 0.3) is 0 Å². The topological polar surface area (TPSA) is 222 Å². The van der Waals surface area contributed by atoms with E-state index in [1.807, 2.05) is 11.1 Å². The molecule has 0 saturated heterocycles. The van der Waals surface area contributed by atoms with Crippen molar-refractivity contribution in [3.63, 3.8) is 0 Å². The van der Waals surface area contributed by atoms with Gasteiger partial charge >= 0.3 is 0 Å². The second kappa shape index (κ2) is 18.8. The fraction of sp³-hybridized carbons (Fsp3) is 0.270. The molecule has 20 heteroatoms. The molecule has 0 bridgehead atoms. The van der Waals surface area contributed by atoms with Gasteiger partial charge in [-0.1, -0.05) is 50.1 Å². The van der Waals surface area contributed by atoms with Crippen LogP contribution in [0.5, 0.6) is 0 Å². The average Bonchev–Trinajstić information content (AvgIpc) is 3.93. The SMILES string of the molecule is Cn1cc(NC(=O)c2cc(N(C(=O)c3ccccc3)N(CCBr)CCBr)cn2C)cc1C(=O)Nc1cc(C(=O)Nc2cc(C(=O)NCCC(=N)N)n(C)n2)n(C)c1. The van der Waals surface area contributed by atoms with Crippen LogP contribution in [0.1, 0.15) is 58.7 Å². The van der Waals surface area contributed by atoms with Gasteiger partial charge in [-0.05, 0) is 30.3 Å². The zero-order valence-electron chi connectivity index (χ0n) is 31.7. The van der Waals surface area contributed by atoms with Crippen molar-refractivity contribution in [1.29, 1.82) is 5.41 Å². The predicted molar refractivity (Wildman–Crippen MR) is 225 cm³/mol. The van der Waals surface area contributed by atoms with Gasteiger partial charge in [0.05, 0.1) is 22.9 Å². The number of benzene rings is 1. The summed E-state index contributed by atoms with van der Waals surface area (Å²) in [6.07, 6.45) is 5.09. The minimum atomic E-state index is -0.529. The molecule has 57 heavy (non-hydrogen) atoms. The second-order valence-corrected chi connectivity index (χ2v) is 14.5. The lowest BCUT2D eigenvalue weighted by Gasteiger charge is -2.33. The lowest BCUT2D eigenvalue weighted by Crippen LogP contribution is -2.48. The van der Waals surface area contributed by atoms with E-state index in [1.165, 1.54) is 27.4 Å². The van der Waals surface area contributed by atoms with Crippen molar-refractivity contribution >= 4 is 90.1 Å². The number of amides is 5. The van der Waals surface area contributed by atoms with E-state index in [1.54, 1.807) is 91.3 Å². The summed E-state index contributed by atoms with van der Waals surface area (Å²) in [4.78, 5) is 66.5. The lowest BCUT2D eigenvalue weighted by molar-refractivity contribution is 0.0902. The molecule has 0 fully saturated rings. The molecule has 5 amide bonds. The number of hydrogen-bond donors (Lipinski definition) is 6. The molecule has 7 N–H and O–H groups in total. The maximum atomic E-state index is 13.8. The average molecular weight is 910 g/mol. The first-order chi connectivity index (χ1) is 27.2. The third kappa shape index (κ3) is 10.3. The Morgan fingerprint density at radius 1 is 0.719 bits per heavy atom. The maximum Gasteiger partial charge on any atom is 0.273 e. The zero-order valence-corrected chi connectivity index (χ0v) is 34.8. The molecule has 0 aliphatic rings. The van der Waals surface area contributed by atoms with Gasteiger partial charge in [-0.15, -0.1) is 0 Å². The van der Waals surface area contributed by atoms with E-state index in [0.717, 1.165) is 0 Å². The molecule has 18 nitrogen and oxygen atoms in total. The molecule has 4 heterocycles. The Balaban J connectivity index is 1.26. The van der Waals surface area contributed by atoms with Crippen LogP contribution < -0.4 is 32.0 Å². The summed E-state index contributed by atoms with van der Waals surface area (Å²) in [6, 6.07) is 15.0. The molecular formula is C37H43Br2N13O5. The van der Waals surface area contributed by atoms with Crippen LogP contribution in [0.15, 0.2) is 73.2 Å². The Hall–Kier alpha value is -5.99. The first kappa shape index (κ1) is 42.2. The molecule has 0 atom stereocenters. The smallest absolute Gasteiger partial charge is 0.273 e. The Morgan fingerprint density at radius 2 is 1.25 bits per heavy atom. The Morgan fingerprint density at radius 3 is 1.79 bits per heavy atom. The highest BCUT2D eigenvalue weighted by Gasteiger charge is 2.27. The van der Waals surface area contributed by atoms with Crippen molar-refractivity contribution in [3.8, 4) is 0 Å². The van der Waals surface area contributed by atoms with Crippen LogP contribution in [0, 0.1) is 5.41 Å². The number of rotatable bonds is 17. The zero-order chi connectivity index (χ0) is 41.4. The van der Waals surface area contributed by atoms with Crippen molar-refractivity contribution in [3.05, 3.63) is 102 Å². The van der Waals surface area contributed by atoms with E-state index >= 15 is 0 Å². The number of nitrogens with two attached hydrogens (primary N) is 1. The Kier molecular flexibility index (Phi) is 13.9. The number of nitrogens with zero attached hydrogens (tertiary/aromatic N) is 7. The summed E-state index contributed by atoms with van der Waals surface area (Å²) in [5, 5.41) is 27.1. The minimum absolute atomic E-state index is 0.0521. The maximum absolute atomic E-state index is 13.8. The van der Waals surface area contributed by atoms with Crippen LogP contribution in [0.2, 0.25) is 0 Å². The standard InChI is InChI=1S/C37H43Br2N13O5/c1-47-20-24(44-35(55)29-18-26(22-49(29)3)52(51(14-11-38)15-12-39)37(57)23-8-6-5-7-9-23)16-27(47)34(54)43-25-17-28(48(2)21-25)36(56)45-32-19-30(50(4)46-32)33(53)42-13-10-31(40)41/h5-9,16-22H,10-15H2,1-4H3,(H3,40,41)(H,42,53)(H,43,54)(H,44,55)(H,45,46,56). The summed E-state index contributed by atoms with van der Waals surface area (Å²) in [7, 11) is 6.57. The number of anilines is 4. The molecular weight excluding hydrogens is 866 g/mol. The van der Waals surface area contributed by atoms with Gasteiger partial charge in [-0.2, -0.15) is 5.10 Å². The van der Waals surface area contributed by atoms with Crippen molar-refractivity contribution in [1.82, 2.24) is 33.8 Å². The molecule has 4 aromatic heterocycles. The molecule has 300 valence electrons. The molecule has 0 aliphatic carbocycles. The number of carbonyl (C=O) groups excluding carboxylic acids is 5. The number of aryl methyl sites for hydroxylation is 4. The third-order valence-corrected chi connectivity index (χ3v) is 9.38. The van der Waals surface area contributed by atoms with Crippen LogP contribution >= 0.6 is 31.9 Å². The van der Waals surface area contributed by atoms with E-state index in [-0.39, 0.29) is 53.3 Å². The molecule has 0 saturated carbocycles. The van der Waals surface area contributed by atoms with E-state index in [0.29, 0.717) is 46.4 Å². The molecule has 5 rings (SSSR count). The monoisotopic (exact) mass is 907 g/mol. The van der Waals surface area contributed by atoms with Crippen molar-refractivity contribution < 1.29 is 24.0 Å².